The van der Waals surface area contributed by atoms with Crippen molar-refractivity contribution in [1.29, 1.82) is 0 Å². The summed E-state index contributed by atoms with van der Waals surface area (Å²) in [5.41, 5.74) is 7.39. The summed E-state index contributed by atoms with van der Waals surface area (Å²) in [4.78, 5) is 11.8. The number of nitrogens with one attached hydrogen (secondary N) is 1. The summed E-state index contributed by atoms with van der Waals surface area (Å²) in [6, 6.07) is 6.67. The highest BCUT2D eigenvalue weighted by atomic mass is 35.5. The molecule has 7 nitrogen and oxygen atoms in total. The maximum atomic E-state index is 11.8. The number of hydrogen-bond donors (Lipinski definition) is 2. The molecular weight excluding hydrogens is 280 g/mol. The first-order valence-corrected chi connectivity index (χ1v) is 6.26. The molecule has 1 aromatic heterocycles. The van der Waals surface area contributed by atoms with Crippen molar-refractivity contribution in [1.82, 2.24) is 20.2 Å². The Morgan fingerprint density at radius 3 is 2.75 bits per heavy atom. The van der Waals surface area contributed by atoms with E-state index < -0.39 is 11.9 Å². The van der Waals surface area contributed by atoms with Gasteiger partial charge in [0, 0.05) is 10.7 Å². The summed E-state index contributed by atoms with van der Waals surface area (Å²) in [6.07, 6.45) is 0. The second kappa shape index (κ2) is 4.61. The van der Waals surface area contributed by atoms with Crippen molar-refractivity contribution in [3.8, 4) is 0 Å². The first-order valence-electron chi connectivity index (χ1n) is 5.89. The Bertz CT molecular complexity index is 705. The van der Waals surface area contributed by atoms with Crippen molar-refractivity contribution in [2.45, 2.75) is 13.0 Å². The summed E-state index contributed by atoms with van der Waals surface area (Å²) in [7, 11) is 0. The van der Waals surface area contributed by atoms with Crippen LogP contribution in [0.3, 0.4) is 0 Å². The molecule has 0 saturated heterocycles. The van der Waals surface area contributed by atoms with Crippen LogP contribution in [0.5, 0.6) is 0 Å². The highest BCUT2D eigenvalue weighted by Gasteiger charge is 2.32. The van der Waals surface area contributed by atoms with E-state index in [1.165, 1.54) is 4.68 Å². The average Bonchev–Trinajstić information content (AvgIpc) is 2.85. The number of carbonyl (C=O) groups excluding carboxylic acids is 1. The minimum Gasteiger partial charge on any atom is -0.366 e. The molecule has 20 heavy (non-hydrogen) atoms. The van der Waals surface area contributed by atoms with Gasteiger partial charge in [0.25, 0.3) is 0 Å². The van der Waals surface area contributed by atoms with Gasteiger partial charge >= 0.3 is 0 Å². The molecule has 1 aromatic carbocycles. The third-order valence-electron chi connectivity index (χ3n) is 3.17. The number of nitrogens with two attached hydrogens (primary N) is 1. The molecule has 3 rings (SSSR count). The molecule has 1 atom stereocenters. The largest absolute Gasteiger partial charge is 0.366 e. The van der Waals surface area contributed by atoms with Gasteiger partial charge in [-0.1, -0.05) is 28.8 Å². The number of fused-ring (bicyclic) bond motifs is 1. The number of hydrogen-bond acceptors (Lipinski definition) is 5. The first-order chi connectivity index (χ1) is 9.58. The predicted octanol–water partition coefficient (Wildman–Crippen LogP) is 1.10. The fourth-order valence-corrected chi connectivity index (χ4v) is 2.41. The summed E-state index contributed by atoms with van der Waals surface area (Å²) in [5.74, 6) is -0.0523. The third kappa shape index (κ3) is 1.92. The zero-order chi connectivity index (χ0) is 14.3. The van der Waals surface area contributed by atoms with Gasteiger partial charge in [-0.05, 0) is 35.0 Å². The maximum absolute atomic E-state index is 11.8. The van der Waals surface area contributed by atoms with E-state index in [-0.39, 0.29) is 0 Å². The van der Waals surface area contributed by atoms with Gasteiger partial charge in [-0.2, -0.15) is 4.68 Å². The highest BCUT2D eigenvalue weighted by molar-refractivity contribution is 6.30. The van der Waals surface area contributed by atoms with E-state index >= 15 is 0 Å². The topological polar surface area (TPSA) is 98.7 Å². The number of halogens is 1. The Hall–Kier alpha value is -2.41. The molecule has 1 amide bonds. The second-order valence-electron chi connectivity index (χ2n) is 4.43. The van der Waals surface area contributed by atoms with Gasteiger partial charge in [0.05, 0.1) is 5.57 Å². The summed E-state index contributed by atoms with van der Waals surface area (Å²) < 4.78 is 1.52. The van der Waals surface area contributed by atoms with Crippen LogP contribution in [0, 0.1) is 0 Å². The van der Waals surface area contributed by atoms with Gasteiger partial charge in [0.2, 0.25) is 11.9 Å². The van der Waals surface area contributed by atoms with Crippen molar-refractivity contribution in [3.63, 3.8) is 0 Å². The van der Waals surface area contributed by atoms with E-state index in [0.717, 1.165) is 5.56 Å². The lowest BCUT2D eigenvalue weighted by Crippen LogP contribution is -2.31. The minimum absolute atomic E-state index is 0.423. The summed E-state index contributed by atoms with van der Waals surface area (Å²) in [6.45, 7) is 1.77. The molecule has 2 aromatic rings. The number of carbonyl (C=O) groups is 1. The molecule has 102 valence electrons. The van der Waals surface area contributed by atoms with Gasteiger partial charge in [0.15, 0.2) is 0 Å². The van der Waals surface area contributed by atoms with Gasteiger partial charge in [-0.3, -0.25) is 4.79 Å². The number of primary amides is 1. The van der Waals surface area contributed by atoms with Crippen LogP contribution in [-0.4, -0.2) is 26.1 Å². The van der Waals surface area contributed by atoms with Crippen molar-refractivity contribution in [2.75, 3.05) is 5.32 Å². The van der Waals surface area contributed by atoms with Crippen LogP contribution < -0.4 is 11.1 Å². The number of tetrazole rings is 1. The van der Waals surface area contributed by atoms with Crippen molar-refractivity contribution in [2.24, 2.45) is 5.73 Å². The second-order valence-corrected chi connectivity index (χ2v) is 4.87. The number of amides is 1. The SMILES string of the molecule is CC1=C(C(N)=O)[C@H](c2ccc(Cl)cc2)n2nnnc2N1. The summed E-state index contributed by atoms with van der Waals surface area (Å²) in [5, 5.41) is 15.0. The van der Waals surface area contributed by atoms with Crippen LogP contribution in [0.4, 0.5) is 5.95 Å². The molecule has 0 spiro atoms. The van der Waals surface area contributed by atoms with E-state index in [2.05, 4.69) is 20.8 Å². The molecule has 2 heterocycles. The smallest absolute Gasteiger partial charge is 0.248 e. The molecule has 0 saturated carbocycles. The first kappa shape index (κ1) is 12.6. The number of aromatic nitrogens is 4. The molecular formula is C12H11ClN6O. The van der Waals surface area contributed by atoms with Crippen molar-refractivity contribution in [3.05, 3.63) is 46.1 Å². The Labute approximate surface area is 119 Å². The number of benzene rings is 1. The van der Waals surface area contributed by atoms with E-state index in [4.69, 9.17) is 17.3 Å². The zero-order valence-corrected chi connectivity index (χ0v) is 11.3. The lowest BCUT2D eigenvalue weighted by molar-refractivity contribution is -0.115. The molecule has 0 aliphatic carbocycles. The number of rotatable bonds is 2. The quantitative estimate of drug-likeness (QED) is 0.863. The summed E-state index contributed by atoms with van der Waals surface area (Å²) >= 11 is 5.89. The van der Waals surface area contributed by atoms with Crippen molar-refractivity contribution < 1.29 is 4.79 Å². The van der Waals surface area contributed by atoms with Crippen molar-refractivity contribution >= 4 is 23.5 Å². The highest BCUT2D eigenvalue weighted by Crippen LogP contribution is 2.34. The van der Waals surface area contributed by atoms with E-state index in [1.54, 1.807) is 19.1 Å². The van der Waals surface area contributed by atoms with E-state index in [0.29, 0.717) is 22.2 Å². The van der Waals surface area contributed by atoms with Crippen LogP contribution in [0.1, 0.15) is 18.5 Å². The van der Waals surface area contributed by atoms with E-state index in [1.807, 2.05) is 12.1 Å². The Morgan fingerprint density at radius 2 is 2.10 bits per heavy atom. The lowest BCUT2D eigenvalue weighted by Gasteiger charge is -2.26. The Balaban J connectivity index is 2.19. The van der Waals surface area contributed by atoms with Crippen LogP contribution in [0.15, 0.2) is 35.5 Å². The van der Waals surface area contributed by atoms with Gasteiger partial charge in [-0.15, -0.1) is 0 Å². The average molecular weight is 291 g/mol. The fraction of sp³-hybridized carbons (Fsp3) is 0.167. The maximum Gasteiger partial charge on any atom is 0.248 e. The normalized spacial score (nSPS) is 17.6. The third-order valence-corrected chi connectivity index (χ3v) is 3.42. The molecule has 0 fully saturated rings. The van der Waals surface area contributed by atoms with Gasteiger partial charge in [-0.25, -0.2) is 0 Å². The van der Waals surface area contributed by atoms with Gasteiger partial charge < -0.3 is 11.1 Å². The molecule has 0 radical (unpaired) electrons. The number of nitrogens with zero attached hydrogens (tertiary/aromatic N) is 4. The van der Waals surface area contributed by atoms with E-state index in [9.17, 15) is 4.79 Å². The standard InChI is InChI=1S/C12H11ClN6O/c1-6-9(11(14)20)10(7-2-4-8(13)5-3-7)19-12(15-6)16-17-18-19/h2-5,10H,1H3,(H2,14,20)(H,15,16,18)/t10-/m0/s1. The Morgan fingerprint density at radius 1 is 1.40 bits per heavy atom. The fourth-order valence-electron chi connectivity index (χ4n) is 2.28. The zero-order valence-electron chi connectivity index (χ0n) is 10.5. The molecule has 0 bridgehead atoms. The molecule has 3 N–H and O–H groups in total. The van der Waals surface area contributed by atoms with Crippen LogP contribution >= 0.6 is 11.6 Å². The number of anilines is 1. The molecule has 1 aliphatic heterocycles. The van der Waals surface area contributed by atoms with Gasteiger partial charge in [0.1, 0.15) is 6.04 Å². The lowest BCUT2D eigenvalue weighted by atomic mass is 9.95. The molecule has 0 unspecified atom stereocenters. The number of allylic oxidation sites excluding steroid dienone is 1. The van der Waals surface area contributed by atoms with Crippen LogP contribution in [-0.2, 0) is 4.79 Å². The monoisotopic (exact) mass is 290 g/mol. The van der Waals surface area contributed by atoms with Crippen LogP contribution in [0.2, 0.25) is 5.02 Å². The minimum atomic E-state index is -0.518. The molecule has 8 heteroatoms. The molecule has 1 aliphatic rings. The Kier molecular flexibility index (Phi) is 2.90. The predicted molar refractivity (Wildman–Crippen MR) is 72.9 cm³/mol. The van der Waals surface area contributed by atoms with Crippen LogP contribution in [0.25, 0.3) is 0 Å².